The molecule has 0 amide bonds. The van der Waals surface area contributed by atoms with Gasteiger partial charge in [0.2, 0.25) is 0 Å². The third-order valence-corrected chi connectivity index (χ3v) is 4.13. The van der Waals surface area contributed by atoms with Gasteiger partial charge in [-0.05, 0) is 42.0 Å². The Labute approximate surface area is 124 Å². The fourth-order valence-electron chi connectivity index (χ4n) is 1.42. The molecule has 0 aromatic heterocycles. The van der Waals surface area contributed by atoms with Crippen LogP contribution in [0.2, 0.25) is 0 Å². The topological polar surface area (TPSA) is 58.5 Å². The molecule has 104 valence electrons. The van der Waals surface area contributed by atoms with Crippen LogP contribution < -0.4 is 4.83 Å². The second-order valence-electron chi connectivity index (χ2n) is 3.86. The molecular formula is C13H10BrFN2O2S. The number of rotatable bonds is 4. The Balaban J connectivity index is 2.11. The summed E-state index contributed by atoms with van der Waals surface area (Å²) in [5, 5.41) is 3.61. The highest BCUT2D eigenvalue weighted by Gasteiger charge is 2.11. The SMILES string of the molecule is O=S(=O)(NN=Cc1cccc(F)c1)c1ccc(Br)cc1. The molecule has 2 aromatic rings. The first-order valence-corrected chi connectivity index (χ1v) is 7.81. The molecule has 1 N–H and O–H groups in total. The molecule has 2 rings (SSSR count). The van der Waals surface area contributed by atoms with E-state index in [4.69, 9.17) is 0 Å². The number of hydrogen-bond donors (Lipinski definition) is 1. The van der Waals surface area contributed by atoms with E-state index < -0.39 is 15.8 Å². The molecule has 0 heterocycles. The largest absolute Gasteiger partial charge is 0.276 e. The van der Waals surface area contributed by atoms with Crippen LogP contribution in [0.4, 0.5) is 4.39 Å². The van der Waals surface area contributed by atoms with Gasteiger partial charge in [0.25, 0.3) is 10.0 Å². The lowest BCUT2D eigenvalue weighted by Gasteiger charge is -2.03. The van der Waals surface area contributed by atoms with E-state index in [2.05, 4.69) is 25.9 Å². The van der Waals surface area contributed by atoms with Gasteiger partial charge in [0, 0.05) is 4.47 Å². The van der Waals surface area contributed by atoms with Crippen LogP contribution in [0, 0.1) is 5.82 Å². The highest BCUT2D eigenvalue weighted by atomic mass is 79.9. The van der Waals surface area contributed by atoms with Gasteiger partial charge in [-0.25, -0.2) is 9.22 Å². The van der Waals surface area contributed by atoms with Gasteiger partial charge in [0.15, 0.2) is 0 Å². The molecule has 0 spiro atoms. The molecule has 4 nitrogen and oxygen atoms in total. The fraction of sp³-hybridized carbons (Fsp3) is 0. The minimum atomic E-state index is -3.72. The predicted octanol–water partition coefficient (Wildman–Crippen LogP) is 2.90. The normalized spacial score (nSPS) is 11.7. The summed E-state index contributed by atoms with van der Waals surface area (Å²) in [6.07, 6.45) is 1.24. The summed E-state index contributed by atoms with van der Waals surface area (Å²) >= 11 is 3.22. The van der Waals surface area contributed by atoms with Crippen LogP contribution in [-0.4, -0.2) is 14.6 Å². The van der Waals surface area contributed by atoms with Crippen molar-refractivity contribution < 1.29 is 12.8 Å². The van der Waals surface area contributed by atoms with Gasteiger partial charge >= 0.3 is 0 Å². The third-order valence-electron chi connectivity index (χ3n) is 2.36. The van der Waals surface area contributed by atoms with E-state index >= 15 is 0 Å². The summed E-state index contributed by atoms with van der Waals surface area (Å²) in [6, 6.07) is 11.8. The van der Waals surface area contributed by atoms with Crippen LogP contribution in [0.3, 0.4) is 0 Å². The van der Waals surface area contributed by atoms with Crippen LogP contribution >= 0.6 is 15.9 Å². The zero-order valence-corrected chi connectivity index (χ0v) is 12.5. The lowest BCUT2D eigenvalue weighted by molar-refractivity contribution is 0.584. The second kappa shape index (κ2) is 6.15. The second-order valence-corrected chi connectivity index (χ2v) is 6.44. The molecule has 0 saturated carbocycles. The molecule has 20 heavy (non-hydrogen) atoms. The van der Waals surface area contributed by atoms with Gasteiger partial charge < -0.3 is 0 Å². The van der Waals surface area contributed by atoms with E-state index in [0.29, 0.717) is 5.56 Å². The molecule has 0 fully saturated rings. The van der Waals surface area contributed by atoms with Gasteiger partial charge in [-0.1, -0.05) is 28.1 Å². The fourth-order valence-corrected chi connectivity index (χ4v) is 2.48. The van der Waals surface area contributed by atoms with Crippen molar-refractivity contribution in [3.63, 3.8) is 0 Å². The molecule has 0 aliphatic rings. The molecule has 0 unspecified atom stereocenters. The molecule has 0 bridgehead atoms. The van der Waals surface area contributed by atoms with Crippen molar-refractivity contribution in [3.8, 4) is 0 Å². The van der Waals surface area contributed by atoms with Gasteiger partial charge in [0.1, 0.15) is 5.82 Å². The van der Waals surface area contributed by atoms with Crippen molar-refractivity contribution >= 4 is 32.2 Å². The maximum atomic E-state index is 12.9. The van der Waals surface area contributed by atoms with Crippen LogP contribution in [0.25, 0.3) is 0 Å². The van der Waals surface area contributed by atoms with Crippen LogP contribution in [-0.2, 0) is 10.0 Å². The standard InChI is InChI=1S/C13H10BrFN2O2S/c14-11-4-6-13(7-5-11)20(18,19)17-16-9-10-2-1-3-12(15)8-10/h1-9,17H. The Morgan fingerprint density at radius 1 is 1.15 bits per heavy atom. The number of hydrogen-bond acceptors (Lipinski definition) is 3. The predicted molar refractivity (Wildman–Crippen MR) is 78.5 cm³/mol. The number of benzene rings is 2. The van der Waals surface area contributed by atoms with E-state index in [1.807, 2.05) is 0 Å². The first-order chi connectivity index (χ1) is 9.47. The minimum Gasteiger partial charge on any atom is -0.207 e. The zero-order chi connectivity index (χ0) is 14.6. The number of nitrogens with one attached hydrogen (secondary N) is 1. The van der Waals surface area contributed by atoms with E-state index in [-0.39, 0.29) is 4.90 Å². The molecule has 2 aromatic carbocycles. The highest BCUT2D eigenvalue weighted by Crippen LogP contribution is 2.14. The molecule has 0 aliphatic heterocycles. The summed E-state index contributed by atoms with van der Waals surface area (Å²) in [7, 11) is -3.72. The monoisotopic (exact) mass is 356 g/mol. The lowest BCUT2D eigenvalue weighted by atomic mass is 10.2. The van der Waals surface area contributed by atoms with Crippen LogP contribution in [0.15, 0.2) is 63.0 Å². The Bertz CT molecular complexity index is 730. The first kappa shape index (κ1) is 14.7. The molecular weight excluding hydrogens is 347 g/mol. The Morgan fingerprint density at radius 3 is 2.50 bits per heavy atom. The van der Waals surface area contributed by atoms with E-state index in [0.717, 1.165) is 4.47 Å². The third kappa shape index (κ3) is 3.88. The van der Waals surface area contributed by atoms with Crippen molar-refractivity contribution in [3.05, 3.63) is 64.4 Å². The van der Waals surface area contributed by atoms with Crippen molar-refractivity contribution in [2.24, 2.45) is 5.10 Å². The van der Waals surface area contributed by atoms with Gasteiger partial charge in [0.05, 0.1) is 11.1 Å². The lowest BCUT2D eigenvalue weighted by Crippen LogP contribution is -2.18. The van der Waals surface area contributed by atoms with Crippen molar-refractivity contribution in [2.75, 3.05) is 0 Å². The van der Waals surface area contributed by atoms with Crippen LogP contribution in [0.5, 0.6) is 0 Å². The quantitative estimate of drug-likeness (QED) is 0.676. The minimum absolute atomic E-state index is 0.0945. The van der Waals surface area contributed by atoms with E-state index in [1.54, 1.807) is 18.2 Å². The highest BCUT2D eigenvalue weighted by molar-refractivity contribution is 9.10. The Hall–Kier alpha value is -1.73. The molecule has 0 saturated heterocycles. The number of halogens is 2. The average molecular weight is 357 g/mol. The summed E-state index contributed by atoms with van der Waals surface area (Å²) in [4.78, 5) is 2.16. The smallest absolute Gasteiger partial charge is 0.207 e. The van der Waals surface area contributed by atoms with Gasteiger partial charge in [-0.15, -0.1) is 0 Å². The molecule has 0 aliphatic carbocycles. The maximum Gasteiger partial charge on any atom is 0.276 e. The Morgan fingerprint density at radius 2 is 1.85 bits per heavy atom. The van der Waals surface area contributed by atoms with Gasteiger partial charge in [-0.2, -0.15) is 13.5 Å². The molecule has 0 radical (unpaired) electrons. The number of hydrazone groups is 1. The van der Waals surface area contributed by atoms with E-state index in [9.17, 15) is 12.8 Å². The van der Waals surface area contributed by atoms with Crippen molar-refractivity contribution in [2.45, 2.75) is 4.90 Å². The summed E-state index contributed by atoms with van der Waals surface area (Å²) < 4.78 is 37.5. The summed E-state index contributed by atoms with van der Waals surface area (Å²) in [5.41, 5.74) is 0.462. The maximum absolute atomic E-state index is 12.9. The molecule has 0 atom stereocenters. The number of nitrogens with zero attached hydrogens (tertiary/aromatic N) is 1. The average Bonchev–Trinajstić information content (AvgIpc) is 2.39. The summed E-state index contributed by atoms with van der Waals surface area (Å²) in [6.45, 7) is 0. The number of sulfonamides is 1. The first-order valence-electron chi connectivity index (χ1n) is 5.53. The van der Waals surface area contributed by atoms with Gasteiger partial charge in [-0.3, -0.25) is 0 Å². The molecule has 7 heteroatoms. The Kier molecular flexibility index (Phi) is 4.51. The van der Waals surface area contributed by atoms with E-state index in [1.165, 1.54) is 36.5 Å². The zero-order valence-electron chi connectivity index (χ0n) is 10.1. The van der Waals surface area contributed by atoms with Crippen molar-refractivity contribution in [1.82, 2.24) is 4.83 Å². The van der Waals surface area contributed by atoms with Crippen LogP contribution in [0.1, 0.15) is 5.56 Å². The summed E-state index contributed by atoms with van der Waals surface area (Å²) in [5.74, 6) is -0.412. The van der Waals surface area contributed by atoms with Crippen molar-refractivity contribution in [1.29, 1.82) is 0 Å².